The lowest BCUT2D eigenvalue weighted by atomic mass is 10.0. The van der Waals surface area contributed by atoms with Crippen molar-refractivity contribution in [2.45, 2.75) is 13.0 Å². The van der Waals surface area contributed by atoms with Gasteiger partial charge in [-0.25, -0.2) is 8.42 Å². The molecule has 1 fully saturated rings. The highest BCUT2D eigenvalue weighted by atomic mass is 32.2. The number of nitrogens with one attached hydrogen (secondary N) is 1. The molecule has 0 saturated carbocycles. The van der Waals surface area contributed by atoms with Crippen LogP contribution in [0.2, 0.25) is 0 Å². The minimum atomic E-state index is -3.05. The summed E-state index contributed by atoms with van der Waals surface area (Å²) >= 11 is 0. The molecule has 3 rings (SSSR count). The maximum Gasteiger partial charge on any atom is 0.244 e. The number of carbonyl (C=O) groups excluding carboxylic acids is 2. The van der Waals surface area contributed by atoms with Crippen molar-refractivity contribution in [2.75, 3.05) is 24.6 Å². The summed E-state index contributed by atoms with van der Waals surface area (Å²) in [7, 11) is -3.05. The Hall–Kier alpha value is -2.93. The molecule has 0 aliphatic carbocycles. The molecule has 6 nitrogen and oxygen atoms in total. The van der Waals surface area contributed by atoms with Gasteiger partial charge in [0, 0.05) is 19.2 Å². The van der Waals surface area contributed by atoms with Gasteiger partial charge in [0.15, 0.2) is 9.84 Å². The van der Waals surface area contributed by atoms with Crippen LogP contribution in [0.4, 0.5) is 0 Å². The van der Waals surface area contributed by atoms with Crippen LogP contribution in [0.25, 0.3) is 17.2 Å². The molecule has 2 amide bonds. The van der Waals surface area contributed by atoms with E-state index in [1.54, 1.807) is 13.0 Å². The van der Waals surface area contributed by atoms with E-state index in [0.29, 0.717) is 0 Å². The molecular weight excluding hydrogens is 388 g/mol. The van der Waals surface area contributed by atoms with Crippen molar-refractivity contribution in [1.29, 1.82) is 0 Å². The fraction of sp³-hybridized carbons (Fsp3) is 0.273. The topological polar surface area (TPSA) is 83.6 Å². The molecule has 29 heavy (non-hydrogen) atoms. The van der Waals surface area contributed by atoms with E-state index in [9.17, 15) is 18.0 Å². The first kappa shape index (κ1) is 20.8. The number of hydrogen-bond donors (Lipinski definition) is 1. The first-order valence-corrected chi connectivity index (χ1v) is 11.3. The van der Waals surface area contributed by atoms with Crippen molar-refractivity contribution in [3.05, 3.63) is 66.2 Å². The van der Waals surface area contributed by atoms with Gasteiger partial charge in [0.25, 0.3) is 0 Å². The molecule has 0 spiro atoms. The Kier molecular flexibility index (Phi) is 6.49. The summed E-state index contributed by atoms with van der Waals surface area (Å²) in [4.78, 5) is 26.1. The third kappa shape index (κ3) is 5.77. The van der Waals surface area contributed by atoms with Gasteiger partial charge in [-0.3, -0.25) is 9.59 Å². The van der Waals surface area contributed by atoms with Crippen LogP contribution in [0, 0.1) is 0 Å². The van der Waals surface area contributed by atoms with Crippen molar-refractivity contribution < 1.29 is 18.0 Å². The summed E-state index contributed by atoms with van der Waals surface area (Å²) < 4.78 is 23.0. The van der Waals surface area contributed by atoms with Gasteiger partial charge in [-0.05, 0) is 35.8 Å². The Labute approximate surface area is 171 Å². The zero-order valence-electron chi connectivity index (χ0n) is 16.2. The minimum absolute atomic E-state index is 0.0307. The normalized spacial score (nSPS) is 17.1. The van der Waals surface area contributed by atoms with Crippen LogP contribution < -0.4 is 5.32 Å². The van der Waals surface area contributed by atoms with Gasteiger partial charge >= 0.3 is 0 Å². The lowest BCUT2D eigenvalue weighted by Gasteiger charge is -2.29. The second-order valence-electron chi connectivity index (χ2n) is 7.03. The van der Waals surface area contributed by atoms with Crippen molar-refractivity contribution >= 4 is 27.7 Å². The lowest BCUT2D eigenvalue weighted by molar-refractivity contribution is -0.134. The summed E-state index contributed by atoms with van der Waals surface area (Å²) in [5.74, 6) is -0.706. The standard InChI is InChI=1S/C22H24N2O4S/c1-17(22(26)24-12-14-29(27,28)15-13-24)23-21(25)11-10-18-6-5-9-20(16-18)19-7-3-2-4-8-19/h2-11,16-17H,12-15H2,1H3,(H,23,25)/b11-10+. The van der Waals surface area contributed by atoms with Crippen LogP contribution in [0.15, 0.2) is 60.7 Å². The Balaban J connectivity index is 1.57. The van der Waals surface area contributed by atoms with Gasteiger partial charge in [0.2, 0.25) is 11.8 Å². The second kappa shape index (κ2) is 9.05. The van der Waals surface area contributed by atoms with Gasteiger partial charge in [-0.2, -0.15) is 0 Å². The number of rotatable bonds is 5. The molecule has 1 aliphatic heterocycles. The predicted molar refractivity (Wildman–Crippen MR) is 114 cm³/mol. The van der Waals surface area contributed by atoms with Gasteiger partial charge in [0.1, 0.15) is 6.04 Å². The highest BCUT2D eigenvalue weighted by Crippen LogP contribution is 2.20. The van der Waals surface area contributed by atoms with Crippen LogP contribution in [0.1, 0.15) is 12.5 Å². The first-order valence-electron chi connectivity index (χ1n) is 9.47. The summed E-state index contributed by atoms with van der Waals surface area (Å²) in [6.07, 6.45) is 3.10. The fourth-order valence-electron chi connectivity index (χ4n) is 3.15. The molecule has 0 radical (unpaired) electrons. The molecule has 152 valence electrons. The molecule has 0 bridgehead atoms. The summed E-state index contributed by atoms with van der Waals surface area (Å²) in [6.45, 7) is 1.94. The molecule has 0 aromatic heterocycles. The average molecular weight is 413 g/mol. The molecule has 1 saturated heterocycles. The summed E-state index contributed by atoms with van der Waals surface area (Å²) in [6, 6.07) is 17.1. The van der Waals surface area contributed by atoms with Gasteiger partial charge < -0.3 is 10.2 Å². The maximum atomic E-state index is 12.4. The number of carbonyl (C=O) groups is 2. The fourth-order valence-corrected chi connectivity index (χ4v) is 4.36. The van der Waals surface area contributed by atoms with E-state index in [4.69, 9.17) is 0 Å². The van der Waals surface area contributed by atoms with E-state index in [-0.39, 0.29) is 36.4 Å². The molecule has 7 heteroatoms. The number of benzene rings is 2. The first-order chi connectivity index (χ1) is 13.8. The molecule has 1 atom stereocenters. The summed E-state index contributed by atoms with van der Waals surface area (Å²) in [5.41, 5.74) is 3.02. The highest BCUT2D eigenvalue weighted by Gasteiger charge is 2.28. The highest BCUT2D eigenvalue weighted by molar-refractivity contribution is 7.91. The maximum absolute atomic E-state index is 12.4. The predicted octanol–water partition coefficient (Wildman–Crippen LogP) is 2.13. The Morgan fingerprint density at radius 1 is 1.00 bits per heavy atom. The van der Waals surface area contributed by atoms with Gasteiger partial charge in [-0.1, -0.05) is 48.5 Å². The van der Waals surface area contributed by atoms with Crippen molar-refractivity contribution in [3.8, 4) is 11.1 Å². The molecule has 2 aromatic carbocycles. The van der Waals surface area contributed by atoms with E-state index in [0.717, 1.165) is 16.7 Å². The zero-order valence-corrected chi connectivity index (χ0v) is 17.1. The van der Waals surface area contributed by atoms with Crippen LogP contribution in [0.3, 0.4) is 0 Å². The Bertz CT molecular complexity index is 1000. The third-order valence-electron chi connectivity index (χ3n) is 4.81. The Morgan fingerprint density at radius 3 is 2.34 bits per heavy atom. The average Bonchev–Trinajstić information content (AvgIpc) is 2.72. The van der Waals surface area contributed by atoms with E-state index >= 15 is 0 Å². The number of nitrogens with zero attached hydrogens (tertiary/aromatic N) is 1. The van der Waals surface area contributed by atoms with E-state index < -0.39 is 15.9 Å². The van der Waals surface area contributed by atoms with Crippen molar-refractivity contribution in [1.82, 2.24) is 10.2 Å². The molecule has 1 aliphatic rings. The van der Waals surface area contributed by atoms with Crippen LogP contribution >= 0.6 is 0 Å². The SMILES string of the molecule is CC(NC(=O)/C=C/c1cccc(-c2ccccc2)c1)C(=O)N1CCS(=O)(=O)CC1. The number of amides is 2. The van der Waals surface area contributed by atoms with E-state index in [1.807, 2.05) is 54.6 Å². The summed E-state index contributed by atoms with van der Waals surface area (Å²) in [5, 5.41) is 2.65. The smallest absolute Gasteiger partial charge is 0.244 e. The molecule has 2 aromatic rings. The second-order valence-corrected chi connectivity index (χ2v) is 9.34. The van der Waals surface area contributed by atoms with Crippen molar-refractivity contribution in [3.63, 3.8) is 0 Å². The third-order valence-corrected chi connectivity index (χ3v) is 6.42. The van der Waals surface area contributed by atoms with Crippen LogP contribution in [0.5, 0.6) is 0 Å². The lowest BCUT2D eigenvalue weighted by Crippen LogP contribution is -2.51. The molecular formula is C22H24N2O4S. The van der Waals surface area contributed by atoms with Crippen LogP contribution in [-0.2, 0) is 19.4 Å². The van der Waals surface area contributed by atoms with Gasteiger partial charge in [0.05, 0.1) is 11.5 Å². The van der Waals surface area contributed by atoms with Crippen molar-refractivity contribution in [2.24, 2.45) is 0 Å². The monoisotopic (exact) mass is 412 g/mol. The molecule has 1 N–H and O–H groups in total. The van der Waals surface area contributed by atoms with E-state index in [1.165, 1.54) is 11.0 Å². The van der Waals surface area contributed by atoms with E-state index in [2.05, 4.69) is 5.32 Å². The molecule has 1 unspecified atom stereocenters. The number of hydrogen-bond acceptors (Lipinski definition) is 4. The zero-order chi connectivity index (χ0) is 20.9. The largest absolute Gasteiger partial charge is 0.341 e. The quantitative estimate of drug-likeness (QED) is 0.763. The number of sulfone groups is 1. The minimum Gasteiger partial charge on any atom is -0.341 e. The van der Waals surface area contributed by atoms with Gasteiger partial charge in [-0.15, -0.1) is 0 Å². The van der Waals surface area contributed by atoms with Crippen LogP contribution in [-0.4, -0.2) is 55.8 Å². The molecule has 1 heterocycles. The Morgan fingerprint density at radius 2 is 1.66 bits per heavy atom.